The zero-order valence-electron chi connectivity index (χ0n) is 15.9. The topological polar surface area (TPSA) is 67.9 Å². The SMILES string of the molecule is COc1ccc(CCC(=O)N(C)CC(=O)Nc2ccc(Cl)c(Cl)c2)cc1OC. The minimum Gasteiger partial charge on any atom is -0.493 e. The van der Waals surface area contributed by atoms with E-state index in [1.54, 1.807) is 45.5 Å². The monoisotopic (exact) mass is 424 g/mol. The molecule has 0 aliphatic carbocycles. The standard InChI is InChI=1S/C20H22Cl2N2O4/c1-24(12-19(25)23-14-6-7-15(21)16(22)11-14)20(26)9-5-13-4-8-17(27-2)18(10-13)28-3/h4,6-8,10-11H,5,9,12H2,1-3H3,(H,23,25). The molecule has 0 bridgehead atoms. The minimum atomic E-state index is -0.319. The van der Waals surface area contributed by atoms with Crippen molar-refractivity contribution in [3.63, 3.8) is 0 Å². The lowest BCUT2D eigenvalue weighted by atomic mass is 10.1. The van der Waals surface area contributed by atoms with Crippen LogP contribution in [-0.2, 0) is 16.0 Å². The minimum absolute atomic E-state index is 0.0645. The van der Waals surface area contributed by atoms with Crippen LogP contribution in [0.1, 0.15) is 12.0 Å². The summed E-state index contributed by atoms with van der Waals surface area (Å²) in [6.45, 7) is -0.0645. The number of hydrogen-bond acceptors (Lipinski definition) is 4. The van der Waals surface area contributed by atoms with Gasteiger partial charge in [-0.15, -0.1) is 0 Å². The van der Waals surface area contributed by atoms with Gasteiger partial charge in [-0.2, -0.15) is 0 Å². The predicted molar refractivity (Wildman–Crippen MR) is 111 cm³/mol. The summed E-state index contributed by atoms with van der Waals surface area (Å²) < 4.78 is 10.5. The Labute approximate surface area is 174 Å². The van der Waals surface area contributed by atoms with E-state index in [9.17, 15) is 9.59 Å². The quantitative estimate of drug-likeness (QED) is 0.693. The van der Waals surface area contributed by atoms with Crippen LogP contribution >= 0.6 is 23.2 Å². The van der Waals surface area contributed by atoms with E-state index in [1.165, 1.54) is 4.90 Å². The van der Waals surface area contributed by atoms with Gasteiger partial charge in [0.2, 0.25) is 11.8 Å². The first kappa shape index (κ1) is 21.9. The largest absolute Gasteiger partial charge is 0.493 e. The molecular formula is C20H22Cl2N2O4. The fourth-order valence-electron chi connectivity index (χ4n) is 2.56. The number of benzene rings is 2. The summed E-state index contributed by atoms with van der Waals surface area (Å²) >= 11 is 11.8. The summed E-state index contributed by atoms with van der Waals surface area (Å²) in [5.41, 5.74) is 1.46. The highest BCUT2D eigenvalue weighted by atomic mass is 35.5. The first-order valence-electron chi connectivity index (χ1n) is 8.53. The molecule has 0 saturated carbocycles. The van der Waals surface area contributed by atoms with Crippen LogP contribution in [0, 0.1) is 0 Å². The highest BCUT2D eigenvalue weighted by Crippen LogP contribution is 2.28. The lowest BCUT2D eigenvalue weighted by Crippen LogP contribution is -2.35. The van der Waals surface area contributed by atoms with E-state index < -0.39 is 0 Å². The van der Waals surface area contributed by atoms with Crippen LogP contribution < -0.4 is 14.8 Å². The Balaban J connectivity index is 1.86. The summed E-state index contributed by atoms with van der Waals surface area (Å²) in [5.74, 6) is 0.787. The van der Waals surface area contributed by atoms with E-state index >= 15 is 0 Å². The Hall–Kier alpha value is -2.44. The predicted octanol–water partition coefficient (Wildman–Crippen LogP) is 4.04. The number of aryl methyl sites for hydroxylation is 1. The first-order chi connectivity index (χ1) is 13.3. The van der Waals surface area contributed by atoms with Crippen molar-refractivity contribution < 1.29 is 19.1 Å². The third kappa shape index (κ3) is 6.04. The van der Waals surface area contributed by atoms with Crippen LogP contribution in [0.4, 0.5) is 5.69 Å². The van der Waals surface area contributed by atoms with Gasteiger partial charge < -0.3 is 19.7 Å². The van der Waals surface area contributed by atoms with Crippen molar-refractivity contribution in [1.29, 1.82) is 0 Å². The number of anilines is 1. The van der Waals surface area contributed by atoms with Gasteiger partial charge in [0.1, 0.15) is 0 Å². The number of nitrogens with one attached hydrogen (secondary N) is 1. The Kier molecular flexibility index (Phi) is 7.96. The van der Waals surface area contributed by atoms with Gasteiger partial charge in [0, 0.05) is 19.2 Å². The van der Waals surface area contributed by atoms with Gasteiger partial charge in [0.15, 0.2) is 11.5 Å². The van der Waals surface area contributed by atoms with Gasteiger partial charge >= 0.3 is 0 Å². The molecule has 150 valence electrons. The number of rotatable bonds is 8. The summed E-state index contributed by atoms with van der Waals surface area (Å²) in [4.78, 5) is 25.9. The summed E-state index contributed by atoms with van der Waals surface area (Å²) in [5, 5.41) is 3.44. The second kappa shape index (κ2) is 10.2. The molecule has 28 heavy (non-hydrogen) atoms. The van der Waals surface area contributed by atoms with E-state index in [0.717, 1.165) is 5.56 Å². The van der Waals surface area contributed by atoms with E-state index in [2.05, 4.69) is 5.32 Å². The maximum Gasteiger partial charge on any atom is 0.243 e. The highest BCUT2D eigenvalue weighted by Gasteiger charge is 2.14. The van der Waals surface area contributed by atoms with Crippen molar-refractivity contribution in [1.82, 2.24) is 4.90 Å². The molecule has 0 atom stereocenters. The Bertz CT molecular complexity index is 858. The first-order valence-corrected chi connectivity index (χ1v) is 9.29. The van der Waals surface area contributed by atoms with Crippen molar-refractivity contribution in [2.24, 2.45) is 0 Å². The summed E-state index contributed by atoms with van der Waals surface area (Å²) in [6, 6.07) is 10.3. The number of likely N-dealkylation sites (N-methyl/N-ethyl adjacent to an activating group) is 1. The zero-order chi connectivity index (χ0) is 20.7. The molecule has 0 fully saturated rings. The number of hydrogen-bond donors (Lipinski definition) is 1. The van der Waals surface area contributed by atoms with Crippen LogP contribution in [0.3, 0.4) is 0 Å². The number of amides is 2. The fourth-order valence-corrected chi connectivity index (χ4v) is 2.85. The van der Waals surface area contributed by atoms with Gasteiger partial charge in [0.05, 0.1) is 30.8 Å². The molecule has 2 amide bonds. The molecular weight excluding hydrogens is 403 g/mol. The summed E-state index contributed by atoms with van der Waals surface area (Å²) in [7, 11) is 4.72. The molecule has 2 aromatic rings. The Morgan fingerprint density at radius 2 is 1.71 bits per heavy atom. The van der Waals surface area contributed by atoms with Crippen LogP contribution in [0.5, 0.6) is 11.5 Å². The smallest absolute Gasteiger partial charge is 0.243 e. The number of halogens is 2. The third-order valence-corrected chi connectivity index (χ3v) is 4.82. The van der Waals surface area contributed by atoms with Gasteiger partial charge in [-0.25, -0.2) is 0 Å². The molecule has 6 nitrogen and oxygen atoms in total. The fraction of sp³-hybridized carbons (Fsp3) is 0.300. The number of carbonyl (C=O) groups is 2. The van der Waals surface area contributed by atoms with E-state index in [0.29, 0.717) is 33.7 Å². The van der Waals surface area contributed by atoms with Crippen molar-refractivity contribution in [2.45, 2.75) is 12.8 Å². The third-order valence-electron chi connectivity index (χ3n) is 4.09. The highest BCUT2D eigenvalue weighted by molar-refractivity contribution is 6.42. The molecule has 1 N–H and O–H groups in total. The van der Waals surface area contributed by atoms with Gasteiger partial charge in [-0.1, -0.05) is 29.3 Å². The number of nitrogens with zero attached hydrogens (tertiary/aromatic N) is 1. The molecule has 8 heteroatoms. The van der Waals surface area contributed by atoms with Crippen molar-refractivity contribution in [3.05, 3.63) is 52.0 Å². The molecule has 0 heterocycles. The normalized spacial score (nSPS) is 10.3. The van der Waals surface area contributed by atoms with Crippen LogP contribution in [-0.4, -0.2) is 44.5 Å². The molecule has 0 aliphatic heterocycles. The lowest BCUT2D eigenvalue weighted by Gasteiger charge is -2.17. The molecule has 0 unspecified atom stereocenters. The van der Waals surface area contributed by atoms with Gasteiger partial charge in [0.25, 0.3) is 0 Å². The maximum absolute atomic E-state index is 12.3. The van der Waals surface area contributed by atoms with Crippen LogP contribution in [0.2, 0.25) is 10.0 Å². The molecule has 2 rings (SSSR count). The number of ether oxygens (including phenoxy) is 2. The zero-order valence-corrected chi connectivity index (χ0v) is 17.4. The Morgan fingerprint density at radius 1 is 1.00 bits per heavy atom. The molecule has 0 radical (unpaired) electrons. The average molecular weight is 425 g/mol. The molecule has 0 aromatic heterocycles. The van der Waals surface area contributed by atoms with Crippen LogP contribution in [0.25, 0.3) is 0 Å². The van der Waals surface area contributed by atoms with Crippen molar-refractivity contribution in [2.75, 3.05) is 33.1 Å². The van der Waals surface area contributed by atoms with Crippen molar-refractivity contribution >= 4 is 40.7 Å². The molecule has 0 spiro atoms. The van der Waals surface area contributed by atoms with Crippen molar-refractivity contribution in [3.8, 4) is 11.5 Å². The van der Waals surface area contributed by atoms with Gasteiger partial charge in [-0.3, -0.25) is 9.59 Å². The summed E-state index contributed by atoms with van der Waals surface area (Å²) in [6.07, 6.45) is 0.796. The van der Waals surface area contributed by atoms with Crippen LogP contribution in [0.15, 0.2) is 36.4 Å². The number of methoxy groups -OCH3 is 2. The van der Waals surface area contributed by atoms with Gasteiger partial charge in [-0.05, 0) is 42.3 Å². The van der Waals surface area contributed by atoms with E-state index in [-0.39, 0.29) is 24.8 Å². The molecule has 2 aromatic carbocycles. The Morgan fingerprint density at radius 3 is 2.36 bits per heavy atom. The van der Waals surface area contributed by atoms with E-state index in [1.807, 2.05) is 12.1 Å². The second-order valence-electron chi connectivity index (χ2n) is 6.12. The second-order valence-corrected chi connectivity index (χ2v) is 6.93. The average Bonchev–Trinajstić information content (AvgIpc) is 2.68. The maximum atomic E-state index is 12.3. The molecule has 0 aliphatic rings. The van der Waals surface area contributed by atoms with E-state index in [4.69, 9.17) is 32.7 Å². The molecule has 0 saturated heterocycles. The number of carbonyl (C=O) groups excluding carboxylic acids is 2. The lowest BCUT2D eigenvalue weighted by molar-refractivity contribution is -0.133.